The first-order chi connectivity index (χ1) is 7.26. The normalized spacial score (nSPS) is 14.9. The van der Waals surface area contributed by atoms with Crippen LogP contribution in [0, 0.1) is 11.8 Å². The molecular weight excluding hydrogens is 204 g/mol. The number of rotatable bonds is 6. The van der Waals surface area contributed by atoms with Crippen LogP contribution in [0.2, 0.25) is 0 Å². The molecule has 2 atom stereocenters. The molecule has 2 unspecified atom stereocenters. The summed E-state index contributed by atoms with van der Waals surface area (Å²) in [6.45, 7) is 4.56. The zero-order valence-electron chi connectivity index (χ0n) is 9.75. The van der Waals surface area contributed by atoms with Gasteiger partial charge in [0.15, 0.2) is 0 Å². The molecule has 1 heteroatoms. The van der Waals surface area contributed by atoms with E-state index in [0.29, 0.717) is 5.92 Å². The maximum absolute atomic E-state index is 6.02. The molecule has 0 saturated carbocycles. The van der Waals surface area contributed by atoms with Crippen molar-refractivity contribution in [3.05, 3.63) is 35.9 Å². The molecular formula is C14H21Cl. The van der Waals surface area contributed by atoms with Gasteiger partial charge >= 0.3 is 0 Å². The largest absolute Gasteiger partial charge is 0.126 e. The van der Waals surface area contributed by atoms with Crippen LogP contribution in [-0.4, -0.2) is 5.88 Å². The summed E-state index contributed by atoms with van der Waals surface area (Å²) in [5, 5.41) is 0. The topological polar surface area (TPSA) is 0 Å². The lowest BCUT2D eigenvalue weighted by molar-refractivity contribution is 0.407. The molecule has 0 aliphatic heterocycles. The minimum atomic E-state index is 0.629. The summed E-state index contributed by atoms with van der Waals surface area (Å²) >= 11 is 6.02. The minimum Gasteiger partial charge on any atom is -0.126 e. The first-order valence-corrected chi connectivity index (χ1v) is 6.39. The maximum Gasteiger partial charge on any atom is 0.0255 e. The Labute approximate surface area is 98.7 Å². The molecule has 0 spiro atoms. The molecule has 0 nitrogen and oxygen atoms in total. The molecule has 0 amide bonds. The van der Waals surface area contributed by atoms with Gasteiger partial charge in [0, 0.05) is 5.88 Å². The van der Waals surface area contributed by atoms with E-state index < -0.39 is 0 Å². The molecule has 1 aromatic rings. The van der Waals surface area contributed by atoms with Crippen LogP contribution in [0.15, 0.2) is 30.3 Å². The summed E-state index contributed by atoms with van der Waals surface area (Å²) in [7, 11) is 0. The lowest BCUT2D eigenvalue weighted by Crippen LogP contribution is -2.10. The average Bonchev–Trinajstić information content (AvgIpc) is 2.29. The first kappa shape index (κ1) is 12.6. The van der Waals surface area contributed by atoms with E-state index >= 15 is 0 Å². The van der Waals surface area contributed by atoms with E-state index in [2.05, 4.69) is 44.2 Å². The Bertz CT molecular complexity index is 255. The van der Waals surface area contributed by atoms with Crippen molar-refractivity contribution < 1.29 is 0 Å². The van der Waals surface area contributed by atoms with E-state index in [-0.39, 0.29) is 0 Å². The van der Waals surface area contributed by atoms with Crippen molar-refractivity contribution in [2.75, 3.05) is 5.88 Å². The fraction of sp³-hybridized carbons (Fsp3) is 0.571. The summed E-state index contributed by atoms with van der Waals surface area (Å²) in [6, 6.07) is 10.6. The van der Waals surface area contributed by atoms with Gasteiger partial charge in [-0.2, -0.15) is 0 Å². The molecule has 0 saturated heterocycles. The Balaban J connectivity index is 2.47. The van der Waals surface area contributed by atoms with Crippen LogP contribution < -0.4 is 0 Å². The predicted octanol–water partition coefficient (Wildman–Crippen LogP) is 4.52. The molecule has 0 fully saturated rings. The maximum atomic E-state index is 6.02. The second-order valence-corrected chi connectivity index (χ2v) is 4.77. The third-order valence-electron chi connectivity index (χ3n) is 3.02. The van der Waals surface area contributed by atoms with E-state index in [0.717, 1.165) is 18.2 Å². The second-order valence-electron chi connectivity index (χ2n) is 4.46. The van der Waals surface area contributed by atoms with Crippen molar-refractivity contribution in [2.24, 2.45) is 11.8 Å². The summed E-state index contributed by atoms with van der Waals surface area (Å²) in [6.07, 6.45) is 3.62. The quantitative estimate of drug-likeness (QED) is 0.624. The number of benzene rings is 1. The Morgan fingerprint density at radius 2 is 1.87 bits per heavy atom. The highest BCUT2D eigenvalue weighted by molar-refractivity contribution is 6.18. The highest BCUT2D eigenvalue weighted by atomic mass is 35.5. The fourth-order valence-corrected chi connectivity index (χ4v) is 2.12. The van der Waals surface area contributed by atoms with Gasteiger partial charge in [-0.3, -0.25) is 0 Å². The molecule has 0 radical (unpaired) electrons. The van der Waals surface area contributed by atoms with Gasteiger partial charge in [0.05, 0.1) is 0 Å². The standard InChI is InChI=1S/C14H21Cl/c1-3-12(2)9-14(11-15)10-13-7-5-4-6-8-13/h4-8,12,14H,3,9-11H2,1-2H3. The third-order valence-corrected chi connectivity index (χ3v) is 3.45. The molecule has 0 N–H and O–H groups in total. The number of halogens is 1. The second kappa shape index (κ2) is 6.90. The van der Waals surface area contributed by atoms with Crippen LogP contribution >= 0.6 is 11.6 Å². The van der Waals surface area contributed by atoms with E-state index in [9.17, 15) is 0 Å². The van der Waals surface area contributed by atoms with Crippen LogP contribution in [0.5, 0.6) is 0 Å². The van der Waals surface area contributed by atoms with Gasteiger partial charge in [-0.25, -0.2) is 0 Å². The Hall–Kier alpha value is -0.490. The molecule has 0 aliphatic carbocycles. The van der Waals surface area contributed by atoms with Crippen molar-refractivity contribution in [3.8, 4) is 0 Å². The van der Waals surface area contributed by atoms with E-state index in [1.165, 1.54) is 18.4 Å². The van der Waals surface area contributed by atoms with Crippen LogP contribution in [-0.2, 0) is 6.42 Å². The minimum absolute atomic E-state index is 0.629. The highest BCUT2D eigenvalue weighted by Gasteiger charge is 2.11. The molecule has 84 valence electrons. The molecule has 0 heterocycles. The number of alkyl halides is 1. The van der Waals surface area contributed by atoms with Crippen LogP contribution in [0.25, 0.3) is 0 Å². The third kappa shape index (κ3) is 4.70. The van der Waals surface area contributed by atoms with Crippen molar-refractivity contribution in [3.63, 3.8) is 0 Å². The van der Waals surface area contributed by atoms with Gasteiger partial charge in [0.1, 0.15) is 0 Å². The van der Waals surface area contributed by atoms with Crippen molar-refractivity contribution in [1.82, 2.24) is 0 Å². The van der Waals surface area contributed by atoms with Crippen molar-refractivity contribution in [2.45, 2.75) is 33.1 Å². The van der Waals surface area contributed by atoms with Gasteiger partial charge in [-0.15, -0.1) is 11.6 Å². The first-order valence-electron chi connectivity index (χ1n) is 5.86. The van der Waals surface area contributed by atoms with Crippen molar-refractivity contribution >= 4 is 11.6 Å². The van der Waals surface area contributed by atoms with Crippen LogP contribution in [0.3, 0.4) is 0 Å². The fourth-order valence-electron chi connectivity index (χ4n) is 1.88. The molecule has 0 aliphatic rings. The Kier molecular flexibility index (Phi) is 5.78. The van der Waals surface area contributed by atoms with Crippen molar-refractivity contribution in [1.29, 1.82) is 0 Å². The lowest BCUT2D eigenvalue weighted by Gasteiger charge is -2.17. The van der Waals surface area contributed by atoms with E-state index in [1.807, 2.05) is 0 Å². The molecule has 1 aromatic carbocycles. The van der Waals surface area contributed by atoms with Gasteiger partial charge in [0.2, 0.25) is 0 Å². The molecule has 1 rings (SSSR count). The van der Waals surface area contributed by atoms with Crippen LogP contribution in [0.1, 0.15) is 32.3 Å². The summed E-state index contributed by atoms with van der Waals surface area (Å²) in [4.78, 5) is 0. The smallest absolute Gasteiger partial charge is 0.0255 e. The van der Waals surface area contributed by atoms with Crippen LogP contribution in [0.4, 0.5) is 0 Å². The lowest BCUT2D eigenvalue weighted by atomic mass is 9.90. The van der Waals surface area contributed by atoms with E-state index in [4.69, 9.17) is 11.6 Å². The summed E-state index contributed by atoms with van der Waals surface area (Å²) in [5.41, 5.74) is 1.41. The van der Waals surface area contributed by atoms with Gasteiger partial charge in [0.25, 0.3) is 0 Å². The zero-order valence-corrected chi connectivity index (χ0v) is 10.5. The molecule has 0 bridgehead atoms. The SMILES string of the molecule is CCC(C)CC(CCl)Cc1ccccc1. The highest BCUT2D eigenvalue weighted by Crippen LogP contribution is 2.20. The predicted molar refractivity (Wildman–Crippen MR) is 68.4 cm³/mol. The molecule has 15 heavy (non-hydrogen) atoms. The number of hydrogen-bond acceptors (Lipinski definition) is 0. The van der Waals surface area contributed by atoms with E-state index in [1.54, 1.807) is 0 Å². The van der Waals surface area contributed by atoms with Gasteiger partial charge < -0.3 is 0 Å². The Morgan fingerprint density at radius 3 is 2.40 bits per heavy atom. The van der Waals surface area contributed by atoms with Gasteiger partial charge in [-0.1, -0.05) is 50.6 Å². The monoisotopic (exact) mass is 224 g/mol. The Morgan fingerprint density at radius 1 is 1.20 bits per heavy atom. The summed E-state index contributed by atoms with van der Waals surface area (Å²) in [5.74, 6) is 2.20. The van der Waals surface area contributed by atoms with Gasteiger partial charge in [-0.05, 0) is 30.2 Å². The number of hydrogen-bond donors (Lipinski definition) is 0. The zero-order chi connectivity index (χ0) is 11.1. The average molecular weight is 225 g/mol. The summed E-state index contributed by atoms with van der Waals surface area (Å²) < 4.78 is 0. The molecule has 0 aromatic heterocycles.